The topological polar surface area (TPSA) is 108 Å². The summed E-state index contributed by atoms with van der Waals surface area (Å²) in [5.74, 6) is -0.225. The first-order valence-electron chi connectivity index (χ1n) is 9.32. The Labute approximate surface area is 174 Å². The molecule has 3 aromatic rings. The van der Waals surface area contributed by atoms with Crippen molar-refractivity contribution in [3.05, 3.63) is 59.8 Å². The molecule has 158 valence electrons. The van der Waals surface area contributed by atoms with Crippen molar-refractivity contribution in [2.45, 2.75) is 25.2 Å². The van der Waals surface area contributed by atoms with E-state index in [9.17, 15) is 13.2 Å². The van der Waals surface area contributed by atoms with Gasteiger partial charge in [0.25, 0.3) is 10.0 Å². The smallest absolute Gasteiger partial charge is 0.360 e. The SMILES string of the molecule is CCOC(=O)c1cc(-c2ccc(OC)c(S(=O)(=O)Nc3ccc(CC)cc3)c2)on1. The van der Waals surface area contributed by atoms with Gasteiger partial charge in [-0.05, 0) is 49.2 Å². The number of esters is 1. The summed E-state index contributed by atoms with van der Waals surface area (Å²) in [7, 11) is -2.57. The second-order valence-electron chi connectivity index (χ2n) is 6.32. The Kier molecular flexibility index (Phi) is 6.41. The van der Waals surface area contributed by atoms with Crippen LogP contribution in [0.4, 0.5) is 5.69 Å². The van der Waals surface area contributed by atoms with E-state index in [-0.39, 0.29) is 28.7 Å². The van der Waals surface area contributed by atoms with Crippen molar-refractivity contribution >= 4 is 21.7 Å². The first kappa shape index (κ1) is 21.4. The molecule has 1 aromatic heterocycles. The monoisotopic (exact) mass is 430 g/mol. The number of benzene rings is 2. The fourth-order valence-electron chi connectivity index (χ4n) is 2.77. The molecule has 1 N–H and O–H groups in total. The first-order chi connectivity index (χ1) is 14.4. The summed E-state index contributed by atoms with van der Waals surface area (Å²) in [4.78, 5) is 11.7. The quantitative estimate of drug-likeness (QED) is 0.540. The second kappa shape index (κ2) is 9.00. The highest BCUT2D eigenvalue weighted by Gasteiger charge is 2.22. The predicted octanol–water partition coefficient (Wildman–Crippen LogP) is 3.89. The number of nitrogens with one attached hydrogen (secondary N) is 1. The maximum atomic E-state index is 13.0. The number of methoxy groups -OCH3 is 1. The maximum absolute atomic E-state index is 13.0. The Morgan fingerprint density at radius 3 is 2.47 bits per heavy atom. The highest BCUT2D eigenvalue weighted by Crippen LogP contribution is 2.31. The number of aromatic nitrogens is 1. The van der Waals surface area contributed by atoms with Gasteiger partial charge < -0.3 is 14.0 Å². The molecule has 0 amide bonds. The molecule has 0 saturated heterocycles. The van der Waals surface area contributed by atoms with Crippen LogP contribution in [-0.4, -0.2) is 33.3 Å². The number of hydrogen-bond acceptors (Lipinski definition) is 7. The van der Waals surface area contributed by atoms with Gasteiger partial charge in [0.15, 0.2) is 11.5 Å². The molecule has 1 heterocycles. The third kappa shape index (κ3) is 4.62. The number of carbonyl (C=O) groups is 1. The number of hydrogen-bond donors (Lipinski definition) is 1. The van der Waals surface area contributed by atoms with Crippen LogP contribution in [0, 0.1) is 0 Å². The fraction of sp³-hybridized carbons (Fsp3) is 0.238. The molecule has 0 aliphatic carbocycles. The lowest BCUT2D eigenvalue weighted by Crippen LogP contribution is -2.14. The van der Waals surface area contributed by atoms with E-state index >= 15 is 0 Å². The predicted molar refractivity (Wildman–Crippen MR) is 111 cm³/mol. The van der Waals surface area contributed by atoms with E-state index in [1.807, 2.05) is 19.1 Å². The van der Waals surface area contributed by atoms with Crippen LogP contribution in [0.25, 0.3) is 11.3 Å². The molecule has 9 heteroatoms. The second-order valence-corrected chi connectivity index (χ2v) is 7.97. The molecule has 0 atom stereocenters. The van der Waals surface area contributed by atoms with Gasteiger partial charge in [0.1, 0.15) is 10.6 Å². The van der Waals surface area contributed by atoms with E-state index in [2.05, 4.69) is 9.88 Å². The van der Waals surface area contributed by atoms with Gasteiger partial charge in [-0.15, -0.1) is 0 Å². The Morgan fingerprint density at radius 2 is 1.83 bits per heavy atom. The number of rotatable bonds is 8. The minimum Gasteiger partial charge on any atom is -0.495 e. The van der Waals surface area contributed by atoms with Crippen LogP contribution in [0.2, 0.25) is 0 Å². The summed E-state index contributed by atoms with van der Waals surface area (Å²) in [6.07, 6.45) is 0.855. The zero-order chi connectivity index (χ0) is 21.7. The maximum Gasteiger partial charge on any atom is 0.360 e. The molecular weight excluding hydrogens is 408 g/mol. The molecule has 0 aliphatic heterocycles. The van der Waals surface area contributed by atoms with Gasteiger partial charge >= 0.3 is 5.97 Å². The van der Waals surface area contributed by atoms with E-state index < -0.39 is 16.0 Å². The van der Waals surface area contributed by atoms with Gasteiger partial charge in [0, 0.05) is 17.3 Å². The molecule has 0 spiro atoms. The van der Waals surface area contributed by atoms with Crippen LogP contribution in [0.3, 0.4) is 0 Å². The Bertz CT molecular complexity index is 1140. The number of nitrogens with zero attached hydrogens (tertiary/aromatic N) is 1. The molecule has 0 saturated carbocycles. The van der Waals surface area contributed by atoms with E-state index in [1.165, 1.54) is 25.3 Å². The van der Waals surface area contributed by atoms with Crippen LogP contribution < -0.4 is 9.46 Å². The van der Waals surface area contributed by atoms with Crippen molar-refractivity contribution in [2.75, 3.05) is 18.4 Å². The fourth-order valence-corrected chi connectivity index (χ4v) is 4.03. The first-order valence-corrected chi connectivity index (χ1v) is 10.8. The third-order valence-corrected chi connectivity index (χ3v) is 5.75. The van der Waals surface area contributed by atoms with Crippen molar-refractivity contribution in [1.82, 2.24) is 5.16 Å². The Balaban J connectivity index is 1.94. The van der Waals surface area contributed by atoms with Crippen LogP contribution in [0.1, 0.15) is 29.9 Å². The molecule has 0 fully saturated rings. The number of sulfonamides is 1. The van der Waals surface area contributed by atoms with Gasteiger partial charge in [-0.25, -0.2) is 13.2 Å². The van der Waals surface area contributed by atoms with Gasteiger partial charge in [-0.3, -0.25) is 4.72 Å². The molecular formula is C21H22N2O6S. The number of anilines is 1. The lowest BCUT2D eigenvalue weighted by atomic mass is 10.1. The minimum atomic E-state index is -3.95. The van der Waals surface area contributed by atoms with Crippen molar-refractivity contribution in [3.63, 3.8) is 0 Å². The van der Waals surface area contributed by atoms with Crippen LogP contribution in [-0.2, 0) is 21.2 Å². The zero-order valence-electron chi connectivity index (χ0n) is 16.8. The Morgan fingerprint density at radius 1 is 1.10 bits per heavy atom. The van der Waals surface area contributed by atoms with E-state index in [4.69, 9.17) is 14.0 Å². The average Bonchev–Trinajstić information content (AvgIpc) is 3.24. The van der Waals surface area contributed by atoms with Crippen LogP contribution in [0.5, 0.6) is 5.75 Å². The van der Waals surface area contributed by atoms with Gasteiger partial charge in [0.2, 0.25) is 0 Å². The number of aryl methyl sites for hydroxylation is 1. The lowest BCUT2D eigenvalue weighted by Gasteiger charge is -2.13. The van der Waals surface area contributed by atoms with Gasteiger partial charge in [-0.2, -0.15) is 0 Å². The Hall–Kier alpha value is -3.33. The highest BCUT2D eigenvalue weighted by molar-refractivity contribution is 7.92. The largest absolute Gasteiger partial charge is 0.495 e. The standard InChI is InChI=1S/C21H22N2O6S/c1-4-14-6-9-16(10-7-14)23-30(25,26)20-12-15(8-11-18(20)27-3)19-13-17(22-29-19)21(24)28-5-2/h6-13,23H,4-5H2,1-3H3. The summed E-state index contributed by atoms with van der Waals surface area (Å²) in [5, 5.41) is 3.68. The summed E-state index contributed by atoms with van der Waals surface area (Å²) in [6.45, 7) is 3.91. The molecule has 8 nitrogen and oxygen atoms in total. The number of ether oxygens (including phenoxy) is 2. The summed E-state index contributed by atoms with van der Waals surface area (Å²) in [5.41, 5.74) is 1.95. The molecule has 2 aromatic carbocycles. The van der Waals surface area contributed by atoms with Crippen LogP contribution >= 0.6 is 0 Å². The van der Waals surface area contributed by atoms with Gasteiger partial charge in [0.05, 0.1) is 13.7 Å². The van der Waals surface area contributed by atoms with Crippen molar-refractivity contribution in [3.8, 4) is 17.1 Å². The van der Waals surface area contributed by atoms with Crippen molar-refractivity contribution in [2.24, 2.45) is 0 Å². The molecule has 30 heavy (non-hydrogen) atoms. The van der Waals surface area contributed by atoms with Crippen molar-refractivity contribution < 1.29 is 27.2 Å². The lowest BCUT2D eigenvalue weighted by molar-refractivity contribution is 0.0514. The molecule has 0 unspecified atom stereocenters. The summed E-state index contributed by atoms with van der Waals surface area (Å²) in [6, 6.07) is 13.0. The molecule has 3 rings (SSSR count). The van der Waals surface area contributed by atoms with E-state index in [0.717, 1.165) is 12.0 Å². The zero-order valence-corrected chi connectivity index (χ0v) is 17.7. The summed E-state index contributed by atoms with van der Waals surface area (Å²) < 4.78 is 43.9. The normalized spacial score (nSPS) is 11.2. The van der Waals surface area contributed by atoms with E-state index in [0.29, 0.717) is 11.3 Å². The van der Waals surface area contributed by atoms with Gasteiger partial charge in [-0.1, -0.05) is 24.2 Å². The summed E-state index contributed by atoms with van der Waals surface area (Å²) >= 11 is 0. The molecule has 0 aliphatic rings. The van der Waals surface area contributed by atoms with E-state index in [1.54, 1.807) is 25.1 Å². The van der Waals surface area contributed by atoms with Crippen LogP contribution in [0.15, 0.2) is 57.9 Å². The highest BCUT2D eigenvalue weighted by atomic mass is 32.2. The van der Waals surface area contributed by atoms with Crippen molar-refractivity contribution in [1.29, 1.82) is 0 Å². The average molecular weight is 430 g/mol. The minimum absolute atomic E-state index is 0.00112. The molecule has 0 bridgehead atoms. The number of carbonyl (C=O) groups excluding carboxylic acids is 1. The third-order valence-electron chi connectivity index (χ3n) is 4.35. The molecule has 0 radical (unpaired) electrons.